The third-order valence-electron chi connectivity index (χ3n) is 4.39. The molecule has 1 aromatic carbocycles. The topological polar surface area (TPSA) is 32.3 Å². The van der Waals surface area contributed by atoms with Gasteiger partial charge in [0.15, 0.2) is 0 Å². The molecule has 0 bridgehead atoms. The van der Waals surface area contributed by atoms with E-state index in [1.54, 1.807) is 0 Å². The number of carbonyl (C=O) groups is 1. The highest BCUT2D eigenvalue weighted by molar-refractivity contribution is 5.78. The maximum absolute atomic E-state index is 12.0. The van der Waals surface area contributed by atoms with Crippen molar-refractivity contribution >= 4 is 5.91 Å². The highest BCUT2D eigenvalue weighted by Gasteiger charge is 2.28. The molecule has 2 rings (SSSR count). The summed E-state index contributed by atoms with van der Waals surface area (Å²) in [4.78, 5) is 14.4. The van der Waals surface area contributed by atoms with Gasteiger partial charge in [-0.05, 0) is 31.4 Å². The van der Waals surface area contributed by atoms with Crippen LogP contribution in [-0.4, -0.2) is 36.5 Å². The summed E-state index contributed by atoms with van der Waals surface area (Å²) in [5, 5.41) is 3.21. The highest BCUT2D eigenvalue weighted by Crippen LogP contribution is 2.27. The van der Waals surface area contributed by atoms with Gasteiger partial charge >= 0.3 is 0 Å². The van der Waals surface area contributed by atoms with Crippen LogP contribution in [0.3, 0.4) is 0 Å². The first-order chi connectivity index (χ1) is 9.99. The fourth-order valence-corrected chi connectivity index (χ4v) is 3.00. The lowest BCUT2D eigenvalue weighted by molar-refractivity contribution is -0.125. The van der Waals surface area contributed by atoms with E-state index in [0.29, 0.717) is 5.92 Å². The lowest BCUT2D eigenvalue weighted by atomic mass is 9.87. The number of likely N-dealkylation sites (N-methyl/N-ethyl adjacent to an activating group) is 1. The van der Waals surface area contributed by atoms with Crippen molar-refractivity contribution in [3.8, 4) is 0 Å². The summed E-state index contributed by atoms with van der Waals surface area (Å²) in [6, 6.07) is 9.10. The molecule has 1 fully saturated rings. The fraction of sp³-hybridized carbons (Fsp3) is 0.611. The smallest absolute Gasteiger partial charge is 0.222 e. The number of aryl methyl sites for hydroxylation is 1. The van der Waals surface area contributed by atoms with Crippen molar-refractivity contribution in [3.63, 3.8) is 0 Å². The maximum Gasteiger partial charge on any atom is 0.222 e. The average molecular weight is 288 g/mol. The molecule has 21 heavy (non-hydrogen) atoms. The van der Waals surface area contributed by atoms with Crippen LogP contribution in [0.25, 0.3) is 0 Å². The minimum atomic E-state index is 0.0554. The van der Waals surface area contributed by atoms with Gasteiger partial charge < -0.3 is 10.2 Å². The van der Waals surface area contributed by atoms with Crippen LogP contribution in [0.5, 0.6) is 0 Å². The Kier molecular flexibility index (Phi) is 5.40. The van der Waals surface area contributed by atoms with E-state index in [-0.39, 0.29) is 17.9 Å². The van der Waals surface area contributed by atoms with E-state index in [2.05, 4.69) is 48.3 Å². The Morgan fingerprint density at radius 2 is 1.95 bits per heavy atom. The molecule has 1 N–H and O–H groups in total. The predicted molar refractivity (Wildman–Crippen MR) is 87.4 cm³/mol. The molecule has 0 saturated carbocycles. The zero-order valence-electron chi connectivity index (χ0n) is 13.7. The molecule has 1 aliphatic heterocycles. The molecule has 3 heteroatoms. The SMILES string of the molecule is CCN1CC(NC(=O)C(C)C)CC(c2ccc(C)cc2)C1. The molecule has 1 heterocycles. The van der Waals surface area contributed by atoms with Gasteiger partial charge in [-0.3, -0.25) is 4.79 Å². The molecule has 2 atom stereocenters. The van der Waals surface area contributed by atoms with Crippen LogP contribution in [0.15, 0.2) is 24.3 Å². The van der Waals surface area contributed by atoms with Crippen LogP contribution in [0, 0.1) is 12.8 Å². The summed E-state index contributed by atoms with van der Waals surface area (Å²) < 4.78 is 0. The maximum atomic E-state index is 12.0. The van der Waals surface area contributed by atoms with E-state index in [1.165, 1.54) is 11.1 Å². The molecule has 1 aromatic rings. The Bertz CT molecular complexity index is 467. The second-order valence-corrected chi connectivity index (χ2v) is 6.56. The van der Waals surface area contributed by atoms with Gasteiger partial charge in [0.05, 0.1) is 0 Å². The molecule has 2 unspecified atom stereocenters. The second kappa shape index (κ2) is 7.08. The number of hydrogen-bond donors (Lipinski definition) is 1. The monoisotopic (exact) mass is 288 g/mol. The van der Waals surface area contributed by atoms with Gasteiger partial charge in [0, 0.05) is 25.0 Å². The molecule has 3 nitrogen and oxygen atoms in total. The summed E-state index contributed by atoms with van der Waals surface area (Å²) in [5.74, 6) is 0.734. The summed E-state index contributed by atoms with van der Waals surface area (Å²) >= 11 is 0. The zero-order chi connectivity index (χ0) is 15.4. The lowest BCUT2D eigenvalue weighted by Gasteiger charge is -2.38. The molecule has 0 radical (unpaired) electrons. The first-order valence-electron chi connectivity index (χ1n) is 8.09. The number of nitrogens with zero attached hydrogens (tertiary/aromatic N) is 1. The minimum Gasteiger partial charge on any atom is -0.352 e. The second-order valence-electron chi connectivity index (χ2n) is 6.56. The lowest BCUT2D eigenvalue weighted by Crippen LogP contribution is -2.50. The molecular formula is C18H28N2O. The molecular weight excluding hydrogens is 260 g/mol. The average Bonchev–Trinajstić information content (AvgIpc) is 2.47. The van der Waals surface area contributed by atoms with Crippen molar-refractivity contribution in [1.29, 1.82) is 0 Å². The molecule has 1 amide bonds. The van der Waals surface area contributed by atoms with Gasteiger partial charge in [0.1, 0.15) is 0 Å². The Hall–Kier alpha value is -1.35. The third-order valence-corrected chi connectivity index (χ3v) is 4.39. The number of carbonyl (C=O) groups excluding carboxylic acids is 1. The van der Waals surface area contributed by atoms with Crippen molar-refractivity contribution in [1.82, 2.24) is 10.2 Å². The normalized spacial score (nSPS) is 23.3. The quantitative estimate of drug-likeness (QED) is 0.924. The van der Waals surface area contributed by atoms with Gasteiger partial charge in [0.2, 0.25) is 5.91 Å². The predicted octanol–water partition coefficient (Wildman–Crippen LogP) is 2.95. The van der Waals surface area contributed by atoms with Gasteiger partial charge in [-0.25, -0.2) is 0 Å². The summed E-state index contributed by atoms with van der Waals surface area (Å²) in [7, 11) is 0. The van der Waals surface area contributed by atoms with E-state index in [4.69, 9.17) is 0 Å². The fourth-order valence-electron chi connectivity index (χ4n) is 3.00. The largest absolute Gasteiger partial charge is 0.352 e. The Morgan fingerprint density at radius 3 is 2.52 bits per heavy atom. The van der Waals surface area contributed by atoms with Crippen molar-refractivity contribution < 1.29 is 4.79 Å². The van der Waals surface area contributed by atoms with E-state index in [9.17, 15) is 4.79 Å². The van der Waals surface area contributed by atoms with Crippen LogP contribution in [-0.2, 0) is 4.79 Å². The summed E-state index contributed by atoms with van der Waals surface area (Å²) in [5.41, 5.74) is 2.69. The number of nitrogens with one attached hydrogen (secondary N) is 1. The Balaban J connectivity index is 2.08. The number of hydrogen-bond acceptors (Lipinski definition) is 2. The number of rotatable bonds is 4. The summed E-state index contributed by atoms with van der Waals surface area (Å²) in [6.07, 6.45) is 1.04. The number of piperidine rings is 1. The summed E-state index contributed by atoms with van der Waals surface area (Å²) in [6.45, 7) is 11.3. The van der Waals surface area contributed by atoms with Crippen LogP contribution in [0.2, 0.25) is 0 Å². The molecule has 0 spiro atoms. The van der Waals surface area contributed by atoms with Gasteiger partial charge in [0.25, 0.3) is 0 Å². The molecule has 1 saturated heterocycles. The first kappa shape index (κ1) is 16.0. The minimum absolute atomic E-state index is 0.0554. The highest BCUT2D eigenvalue weighted by atomic mass is 16.1. The molecule has 0 aliphatic carbocycles. The number of amides is 1. The Labute approximate surface area is 128 Å². The van der Waals surface area contributed by atoms with Crippen molar-refractivity contribution in [2.24, 2.45) is 5.92 Å². The van der Waals surface area contributed by atoms with Crippen molar-refractivity contribution in [3.05, 3.63) is 35.4 Å². The van der Waals surface area contributed by atoms with Gasteiger partial charge in [-0.1, -0.05) is 50.6 Å². The number of benzene rings is 1. The molecule has 116 valence electrons. The molecule has 0 aromatic heterocycles. The van der Waals surface area contributed by atoms with Gasteiger partial charge in [-0.15, -0.1) is 0 Å². The number of likely N-dealkylation sites (tertiary alicyclic amines) is 1. The van der Waals surface area contributed by atoms with Crippen LogP contribution < -0.4 is 5.32 Å². The van der Waals surface area contributed by atoms with E-state index in [0.717, 1.165) is 26.1 Å². The van der Waals surface area contributed by atoms with E-state index < -0.39 is 0 Å². The van der Waals surface area contributed by atoms with Crippen LogP contribution in [0.1, 0.15) is 44.2 Å². The standard InChI is InChI=1S/C18H28N2O/c1-5-20-11-16(15-8-6-14(4)7-9-15)10-17(12-20)19-18(21)13(2)3/h6-9,13,16-17H,5,10-12H2,1-4H3,(H,19,21). The molecule has 1 aliphatic rings. The van der Waals surface area contributed by atoms with Gasteiger partial charge in [-0.2, -0.15) is 0 Å². The van der Waals surface area contributed by atoms with Crippen LogP contribution >= 0.6 is 0 Å². The van der Waals surface area contributed by atoms with E-state index in [1.807, 2.05) is 13.8 Å². The van der Waals surface area contributed by atoms with Crippen LogP contribution in [0.4, 0.5) is 0 Å². The first-order valence-corrected chi connectivity index (χ1v) is 8.09. The van der Waals surface area contributed by atoms with Crippen molar-refractivity contribution in [2.75, 3.05) is 19.6 Å². The Morgan fingerprint density at radius 1 is 1.29 bits per heavy atom. The van der Waals surface area contributed by atoms with Crippen molar-refractivity contribution in [2.45, 2.75) is 46.1 Å². The third kappa shape index (κ3) is 4.31. The zero-order valence-corrected chi connectivity index (χ0v) is 13.7. The van der Waals surface area contributed by atoms with E-state index >= 15 is 0 Å².